The van der Waals surface area contributed by atoms with E-state index in [1.807, 2.05) is 0 Å². The lowest BCUT2D eigenvalue weighted by molar-refractivity contribution is 0.0997. The molecule has 2 aliphatic rings. The maximum Gasteiger partial charge on any atom is 0.0110 e. The first-order valence-corrected chi connectivity index (χ1v) is 7.03. The molecule has 1 aliphatic heterocycles. The second-order valence-corrected chi connectivity index (χ2v) is 5.43. The number of nitrogens with two attached hydrogens (primary N) is 1. The van der Waals surface area contributed by atoms with Gasteiger partial charge in [-0.3, -0.25) is 0 Å². The minimum Gasteiger partial charge on any atom is -0.330 e. The molecule has 0 unspecified atom stereocenters. The van der Waals surface area contributed by atoms with Gasteiger partial charge in [0.25, 0.3) is 0 Å². The molecule has 0 aromatic carbocycles. The van der Waals surface area contributed by atoms with E-state index in [1.54, 1.807) is 0 Å². The lowest BCUT2D eigenvalue weighted by atomic mass is 9.85. The molecule has 1 heterocycles. The van der Waals surface area contributed by atoms with E-state index in [9.17, 15) is 0 Å². The normalized spacial score (nSPS) is 24.6. The number of rotatable bonds is 6. The Balaban J connectivity index is 1.55. The smallest absolute Gasteiger partial charge is 0.0110 e. The van der Waals surface area contributed by atoms with Crippen molar-refractivity contribution in [3.05, 3.63) is 0 Å². The zero-order valence-electron chi connectivity index (χ0n) is 10.5. The highest BCUT2D eigenvalue weighted by Crippen LogP contribution is 2.27. The highest BCUT2D eigenvalue weighted by Gasteiger charge is 2.23. The summed E-state index contributed by atoms with van der Waals surface area (Å²) in [5.41, 5.74) is 5.52. The van der Waals surface area contributed by atoms with Gasteiger partial charge in [0.1, 0.15) is 0 Å². The Morgan fingerprint density at radius 3 is 2.19 bits per heavy atom. The van der Waals surface area contributed by atoms with E-state index in [1.165, 1.54) is 71.4 Å². The minimum atomic E-state index is 0.849. The zero-order chi connectivity index (χ0) is 11.2. The summed E-state index contributed by atoms with van der Waals surface area (Å²) in [5, 5.41) is 0. The van der Waals surface area contributed by atoms with Gasteiger partial charge in [0.2, 0.25) is 0 Å². The summed E-state index contributed by atoms with van der Waals surface area (Å²) < 4.78 is 0. The van der Waals surface area contributed by atoms with Crippen molar-refractivity contribution < 1.29 is 0 Å². The summed E-state index contributed by atoms with van der Waals surface area (Å²) in [6.07, 6.45) is 6.90. The van der Waals surface area contributed by atoms with Crippen LogP contribution in [0.3, 0.4) is 0 Å². The van der Waals surface area contributed by atoms with Crippen LogP contribution in [0.5, 0.6) is 0 Å². The molecule has 3 nitrogen and oxygen atoms in total. The Morgan fingerprint density at radius 2 is 1.62 bits per heavy atom. The first-order valence-electron chi connectivity index (χ1n) is 7.03. The van der Waals surface area contributed by atoms with Crippen molar-refractivity contribution in [1.29, 1.82) is 0 Å². The molecular formula is C13H27N3. The van der Waals surface area contributed by atoms with Crippen LogP contribution in [0, 0.1) is 5.92 Å². The van der Waals surface area contributed by atoms with Crippen LogP contribution >= 0.6 is 0 Å². The molecule has 94 valence electrons. The maximum absolute atomic E-state index is 5.52. The molecule has 3 heteroatoms. The summed E-state index contributed by atoms with van der Waals surface area (Å²) >= 11 is 0. The molecule has 1 saturated heterocycles. The predicted molar refractivity (Wildman–Crippen MR) is 68.5 cm³/mol. The van der Waals surface area contributed by atoms with Gasteiger partial charge in [-0.2, -0.15) is 0 Å². The molecule has 0 aromatic rings. The number of hydrogen-bond acceptors (Lipinski definition) is 3. The SMILES string of the molecule is NCCCCN1CCN(CC2CCC2)CC1. The third-order valence-electron chi connectivity index (χ3n) is 4.13. The summed E-state index contributed by atoms with van der Waals surface area (Å²) in [7, 11) is 0. The van der Waals surface area contributed by atoms with Gasteiger partial charge in [0, 0.05) is 32.7 Å². The van der Waals surface area contributed by atoms with Crippen LogP contribution < -0.4 is 5.73 Å². The van der Waals surface area contributed by atoms with Crippen LogP contribution in [0.2, 0.25) is 0 Å². The van der Waals surface area contributed by atoms with Crippen LogP contribution in [0.25, 0.3) is 0 Å². The summed E-state index contributed by atoms with van der Waals surface area (Å²) in [5.74, 6) is 1.03. The summed E-state index contributed by atoms with van der Waals surface area (Å²) in [6, 6.07) is 0. The monoisotopic (exact) mass is 225 g/mol. The van der Waals surface area contributed by atoms with Crippen molar-refractivity contribution >= 4 is 0 Å². The Hall–Kier alpha value is -0.120. The molecule has 2 rings (SSSR count). The van der Waals surface area contributed by atoms with E-state index in [0.717, 1.165) is 12.5 Å². The second-order valence-electron chi connectivity index (χ2n) is 5.43. The fourth-order valence-electron chi connectivity index (χ4n) is 2.72. The first-order chi connectivity index (χ1) is 7.88. The highest BCUT2D eigenvalue weighted by atomic mass is 15.3. The number of piperazine rings is 1. The molecule has 0 radical (unpaired) electrons. The fraction of sp³-hybridized carbons (Fsp3) is 1.00. The topological polar surface area (TPSA) is 32.5 Å². The third kappa shape index (κ3) is 3.72. The summed E-state index contributed by atoms with van der Waals surface area (Å²) in [6.45, 7) is 8.61. The van der Waals surface area contributed by atoms with Crippen molar-refractivity contribution in [3.8, 4) is 0 Å². The Kier molecular flexibility index (Phi) is 5.07. The molecule has 1 saturated carbocycles. The van der Waals surface area contributed by atoms with E-state index in [4.69, 9.17) is 5.73 Å². The van der Waals surface area contributed by atoms with Crippen molar-refractivity contribution in [3.63, 3.8) is 0 Å². The molecule has 0 amide bonds. The average Bonchev–Trinajstić information content (AvgIpc) is 2.26. The zero-order valence-corrected chi connectivity index (χ0v) is 10.5. The lowest BCUT2D eigenvalue weighted by Crippen LogP contribution is -2.48. The van der Waals surface area contributed by atoms with Gasteiger partial charge < -0.3 is 15.5 Å². The minimum absolute atomic E-state index is 0.849. The largest absolute Gasteiger partial charge is 0.330 e. The van der Waals surface area contributed by atoms with Crippen LogP contribution in [0.4, 0.5) is 0 Å². The van der Waals surface area contributed by atoms with Crippen LogP contribution in [-0.2, 0) is 0 Å². The average molecular weight is 225 g/mol. The second kappa shape index (κ2) is 6.58. The van der Waals surface area contributed by atoms with Crippen LogP contribution in [-0.4, -0.2) is 55.6 Å². The maximum atomic E-state index is 5.52. The van der Waals surface area contributed by atoms with E-state index in [2.05, 4.69) is 9.80 Å². The van der Waals surface area contributed by atoms with Gasteiger partial charge in [-0.05, 0) is 44.7 Å². The molecule has 1 aliphatic carbocycles. The quantitative estimate of drug-likeness (QED) is 0.688. The van der Waals surface area contributed by atoms with Crippen molar-refractivity contribution in [1.82, 2.24) is 9.80 Å². The number of hydrogen-bond donors (Lipinski definition) is 1. The van der Waals surface area contributed by atoms with Gasteiger partial charge >= 0.3 is 0 Å². The van der Waals surface area contributed by atoms with Gasteiger partial charge in [0.05, 0.1) is 0 Å². The van der Waals surface area contributed by atoms with Crippen molar-refractivity contribution in [2.45, 2.75) is 32.1 Å². The molecule has 2 fully saturated rings. The standard InChI is InChI=1S/C13H27N3/c14-6-1-2-7-15-8-10-16(11-9-15)12-13-4-3-5-13/h13H,1-12,14H2. The molecule has 0 atom stereocenters. The highest BCUT2D eigenvalue weighted by molar-refractivity contribution is 4.78. The third-order valence-corrected chi connectivity index (χ3v) is 4.13. The first kappa shape index (κ1) is 12.3. The number of nitrogens with zero attached hydrogens (tertiary/aromatic N) is 2. The Bertz CT molecular complexity index is 184. The molecule has 16 heavy (non-hydrogen) atoms. The fourth-order valence-corrected chi connectivity index (χ4v) is 2.72. The predicted octanol–water partition coefficient (Wildman–Crippen LogP) is 1.14. The van der Waals surface area contributed by atoms with Gasteiger partial charge in [-0.25, -0.2) is 0 Å². The molecule has 0 aromatic heterocycles. The summed E-state index contributed by atoms with van der Waals surface area (Å²) in [4.78, 5) is 5.27. The molecular weight excluding hydrogens is 198 g/mol. The van der Waals surface area contributed by atoms with E-state index in [-0.39, 0.29) is 0 Å². The van der Waals surface area contributed by atoms with Crippen LogP contribution in [0.15, 0.2) is 0 Å². The van der Waals surface area contributed by atoms with Crippen molar-refractivity contribution in [2.75, 3.05) is 45.8 Å². The molecule has 0 bridgehead atoms. The van der Waals surface area contributed by atoms with Gasteiger partial charge in [-0.1, -0.05) is 6.42 Å². The Labute approximate surface area is 100.0 Å². The van der Waals surface area contributed by atoms with E-state index in [0.29, 0.717) is 0 Å². The van der Waals surface area contributed by atoms with Gasteiger partial charge in [-0.15, -0.1) is 0 Å². The lowest BCUT2D eigenvalue weighted by Gasteiger charge is -2.38. The molecule has 2 N–H and O–H groups in total. The number of unbranched alkanes of at least 4 members (excludes halogenated alkanes) is 1. The van der Waals surface area contributed by atoms with Gasteiger partial charge in [0.15, 0.2) is 0 Å². The Morgan fingerprint density at radius 1 is 0.938 bits per heavy atom. The van der Waals surface area contributed by atoms with Crippen LogP contribution in [0.1, 0.15) is 32.1 Å². The van der Waals surface area contributed by atoms with Crippen molar-refractivity contribution in [2.24, 2.45) is 11.7 Å². The van der Waals surface area contributed by atoms with E-state index >= 15 is 0 Å². The molecule has 0 spiro atoms. The van der Waals surface area contributed by atoms with E-state index < -0.39 is 0 Å².